The zero-order chi connectivity index (χ0) is 6.97. The molecular formula is C9H5Cl. The molecule has 0 saturated carbocycles. The number of halogens is 1. The molecule has 48 valence electrons. The molecule has 10 heavy (non-hydrogen) atoms. The maximum Gasteiger partial charge on any atom is 0.106 e. The van der Waals surface area contributed by atoms with Crippen molar-refractivity contribution in [3.05, 3.63) is 34.9 Å². The Bertz CT molecular complexity index is 309. The van der Waals surface area contributed by atoms with E-state index in [1.54, 1.807) is 0 Å². The van der Waals surface area contributed by atoms with E-state index < -0.39 is 0 Å². The first-order valence-electron chi connectivity index (χ1n) is 3.13. The third-order valence-corrected chi connectivity index (χ3v) is 1.71. The minimum absolute atomic E-state index is 0.318. The summed E-state index contributed by atoms with van der Waals surface area (Å²) in [4.78, 5) is 0. The van der Waals surface area contributed by atoms with E-state index in [4.69, 9.17) is 11.6 Å². The first kappa shape index (κ1) is 5.82. The summed E-state index contributed by atoms with van der Waals surface area (Å²) in [5, 5.41) is 0.785. The van der Waals surface area contributed by atoms with Gasteiger partial charge in [-0.25, -0.2) is 0 Å². The molecule has 1 aromatic rings. The van der Waals surface area contributed by atoms with Crippen LogP contribution in [-0.2, 0) is 0 Å². The SMILES string of the molecule is Clc1cccc(C2C#C2)c1. The van der Waals surface area contributed by atoms with E-state index in [-0.39, 0.29) is 0 Å². The summed E-state index contributed by atoms with van der Waals surface area (Å²) in [5.41, 5.74) is 1.19. The zero-order valence-corrected chi connectivity index (χ0v) is 6.02. The van der Waals surface area contributed by atoms with Gasteiger partial charge in [0.15, 0.2) is 0 Å². The lowest BCUT2D eigenvalue weighted by atomic mass is 10.1. The van der Waals surface area contributed by atoms with Crippen LogP contribution in [0.5, 0.6) is 0 Å². The molecule has 0 spiro atoms. The highest BCUT2D eigenvalue weighted by Crippen LogP contribution is 2.23. The Morgan fingerprint density at radius 2 is 2.10 bits per heavy atom. The standard InChI is InChI=1S/C9H5Cl/c10-9-3-1-2-8(6-9)7-4-5-7/h1-3,6-7H. The van der Waals surface area contributed by atoms with Crippen LogP contribution in [0.15, 0.2) is 24.3 Å². The molecule has 0 aromatic heterocycles. The van der Waals surface area contributed by atoms with E-state index >= 15 is 0 Å². The first-order valence-corrected chi connectivity index (χ1v) is 3.50. The average Bonchev–Trinajstić information content (AvgIpc) is 2.68. The summed E-state index contributed by atoms with van der Waals surface area (Å²) in [7, 11) is 0. The monoisotopic (exact) mass is 148 g/mol. The Labute approximate surface area is 64.8 Å². The second-order valence-electron chi connectivity index (χ2n) is 2.28. The Morgan fingerprint density at radius 1 is 1.30 bits per heavy atom. The maximum absolute atomic E-state index is 5.76. The predicted molar refractivity (Wildman–Crippen MR) is 42.0 cm³/mol. The van der Waals surface area contributed by atoms with E-state index in [1.807, 2.05) is 24.3 Å². The third kappa shape index (κ3) is 1.01. The Kier molecular flexibility index (Phi) is 1.19. The van der Waals surface area contributed by atoms with Crippen molar-refractivity contribution in [2.24, 2.45) is 0 Å². The highest BCUT2D eigenvalue weighted by Gasteiger charge is 2.12. The van der Waals surface area contributed by atoms with Crippen LogP contribution in [0.4, 0.5) is 0 Å². The van der Waals surface area contributed by atoms with E-state index in [0.29, 0.717) is 5.92 Å². The first-order chi connectivity index (χ1) is 4.86. The molecular weight excluding hydrogens is 144 g/mol. The number of hydrogen-bond acceptors (Lipinski definition) is 0. The Balaban J connectivity index is 2.33. The van der Waals surface area contributed by atoms with Crippen LogP contribution in [0.25, 0.3) is 0 Å². The molecule has 0 bridgehead atoms. The van der Waals surface area contributed by atoms with Gasteiger partial charge >= 0.3 is 0 Å². The van der Waals surface area contributed by atoms with Crippen molar-refractivity contribution in [2.75, 3.05) is 0 Å². The Hall–Kier alpha value is -0.930. The van der Waals surface area contributed by atoms with Gasteiger partial charge in [-0.3, -0.25) is 0 Å². The van der Waals surface area contributed by atoms with E-state index in [2.05, 4.69) is 11.8 Å². The summed E-state index contributed by atoms with van der Waals surface area (Å²) in [6.45, 7) is 0. The van der Waals surface area contributed by atoms with Crippen LogP contribution in [0, 0.1) is 11.8 Å². The van der Waals surface area contributed by atoms with Crippen LogP contribution < -0.4 is 0 Å². The molecule has 1 aromatic carbocycles. The zero-order valence-electron chi connectivity index (χ0n) is 5.26. The van der Waals surface area contributed by atoms with Crippen molar-refractivity contribution in [1.82, 2.24) is 0 Å². The average molecular weight is 149 g/mol. The molecule has 0 unspecified atom stereocenters. The van der Waals surface area contributed by atoms with Gasteiger partial charge in [0, 0.05) is 5.02 Å². The largest absolute Gasteiger partial charge is 0.106 e. The highest BCUT2D eigenvalue weighted by atomic mass is 35.5. The highest BCUT2D eigenvalue weighted by molar-refractivity contribution is 6.30. The third-order valence-electron chi connectivity index (χ3n) is 1.47. The summed E-state index contributed by atoms with van der Waals surface area (Å²) >= 11 is 5.76. The smallest absolute Gasteiger partial charge is 0.0843 e. The van der Waals surface area contributed by atoms with E-state index in [1.165, 1.54) is 5.56 Å². The molecule has 0 amide bonds. The van der Waals surface area contributed by atoms with E-state index in [0.717, 1.165) is 5.02 Å². The topological polar surface area (TPSA) is 0 Å². The van der Waals surface area contributed by atoms with Gasteiger partial charge in [-0.05, 0) is 17.7 Å². The number of hydrogen-bond donors (Lipinski definition) is 0. The van der Waals surface area contributed by atoms with Gasteiger partial charge in [0.2, 0.25) is 0 Å². The van der Waals surface area contributed by atoms with Gasteiger partial charge in [0.25, 0.3) is 0 Å². The lowest BCUT2D eigenvalue weighted by Gasteiger charge is -1.95. The lowest BCUT2D eigenvalue weighted by Crippen LogP contribution is -1.79. The summed E-state index contributed by atoms with van der Waals surface area (Å²) < 4.78 is 0. The van der Waals surface area contributed by atoms with Crippen LogP contribution in [0.1, 0.15) is 11.5 Å². The van der Waals surface area contributed by atoms with E-state index in [9.17, 15) is 0 Å². The predicted octanol–water partition coefficient (Wildman–Crippen LogP) is 2.44. The molecule has 0 aliphatic heterocycles. The fourth-order valence-corrected chi connectivity index (χ4v) is 1.09. The van der Waals surface area contributed by atoms with Gasteiger partial charge in [0.05, 0.1) is 0 Å². The Morgan fingerprint density at radius 3 is 2.70 bits per heavy atom. The van der Waals surface area contributed by atoms with Crippen molar-refractivity contribution in [2.45, 2.75) is 5.92 Å². The van der Waals surface area contributed by atoms with Crippen LogP contribution >= 0.6 is 11.6 Å². The summed E-state index contributed by atoms with van der Waals surface area (Å²) in [6, 6.07) is 7.79. The fraction of sp³-hybridized carbons (Fsp3) is 0.111. The molecule has 0 heterocycles. The van der Waals surface area contributed by atoms with Crippen molar-refractivity contribution >= 4 is 11.6 Å². The van der Waals surface area contributed by atoms with Crippen molar-refractivity contribution < 1.29 is 0 Å². The quantitative estimate of drug-likeness (QED) is 0.537. The maximum atomic E-state index is 5.76. The molecule has 1 aliphatic rings. The normalized spacial score (nSPS) is 14.1. The molecule has 0 radical (unpaired) electrons. The minimum atomic E-state index is 0.318. The molecule has 2 rings (SSSR count). The molecule has 0 saturated heterocycles. The van der Waals surface area contributed by atoms with Crippen LogP contribution in [0.2, 0.25) is 5.02 Å². The number of benzene rings is 1. The van der Waals surface area contributed by atoms with Gasteiger partial charge in [0.1, 0.15) is 5.92 Å². The van der Waals surface area contributed by atoms with Gasteiger partial charge in [-0.2, -0.15) is 0 Å². The molecule has 1 heteroatoms. The lowest BCUT2D eigenvalue weighted by molar-refractivity contribution is 1.26. The number of rotatable bonds is 1. The van der Waals surface area contributed by atoms with Crippen molar-refractivity contribution in [3.8, 4) is 11.8 Å². The minimum Gasteiger partial charge on any atom is -0.0843 e. The molecule has 1 aliphatic carbocycles. The molecule has 0 fully saturated rings. The van der Waals surface area contributed by atoms with Gasteiger partial charge in [-0.15, -0.1) is 0 Å². The van der Waals surface area contributed by atoms with Gasteiger partial charge < -0.3 is 0 Å². The fourth-order valence-electron chi connectivity index (χ4n) is 0.894. The summed E-state index contributed by atoms with van der Waals surface area (Å²) in [6.07, 6.45) is 0. The van der Waals surface area contributed by atoms with Crippen LogP contribution in [0.3, 0.4) is 0 Å². The summed E-state index contributed by atoms with van der Waals surface area (Å²) in [5.74, 6) is 6.26. The second-order valence-corrected chi connectivity index (χ2v) is 2.71. The van der Waals surface area contributed by atoms with Gasteiger partial charge in [-0.1, -0.05) is 35.6 Å². The molecule has 0 N–H and O–H groups in total. The van der Waals surface area contributed by atoms with Crippen LogP contribution in [-0.4, -0.2) is 0 Å². The molecule has 0 nitrogen and oxygen atoms in total. The second kappa shape index (κ2) is 2.04. The van der Waals surface area contributed by atoms with Crippen molar-refractivity contribution in [1.29, 1.82) is 0 Å². The molecule has 0 atom stereocenters. The van der Waals surface area contributed by atoms with Crippen molar-refractivity contribution in [3.63, 3.8) is 0 Å².